The summed E-state index contributed by atoms with van der Waals surface area (Å²) in [5, 5.41) is 16.9. The standard InChI is InChI=1S/C15H29N3O.HI/c1-3-16-14(17-11-15(19)9-4-10-15)18-13-7-5-12(2)6-8-13;/h12-13,19H,3-11H2,1-2H3,(H2,16,17,18);1H. The molecule has 0 bridgehead atoms. The van der Waals surface area contributed by atoms with Crippen molar-refractivity contribution in [2.45, 2.75) is 70.4 Å². The molecule has 2 saturated carbocycles. The van der Waals surface area contributed by atoms with E-state index >= 15 is 0 Å². The molecule has 0 aromatic rings. The van der Waals surface area contributed by atoms with Gasteiger partial charge in [0.1, 0.15) is 0 Å². The van der Waals surface area contributed by atoms with Crippen molar-refractivity contribution in [2.75, 3.05) is 13.1 Å². The van der Waals surface area contributed by atoms with Crippen LogP contribution in [-0.4, -0.2) is 35.8 Å². The molecule has 0 unspecified atom stereocenters. The van der Waals surface area contributed by atoms with Crippen LogP contribution >= 0.6 is 24.0 Å². The van der Waals surface area contributed by atoms with Crippen LogP contribution in [0.25, 0.3) is 0 Å². The molecule has 0 heterocycles. The zero-order valence-electron chi connectivity index (χ0n) is 12.8. The van der Waals surface area contributed by atoms with Crippen LogP contribution in [0.2, 0.25) is 0 Å². The van der Waals surface area contributed by atoms with E-state index < -0.39 is 5.60 Å². The van der Waals surface area contributed by atoms with Crippen molar-refractivity contribution in [1.82, 2.24) is 10.6 Å². The molecule has 0 aromatic carbocycles. The van der Waals surface area contributed by atoms with Crippen LogP contribution in [0.3, 0.4) is 0 Å². The van der Waals surface area contributed by atoms with Gasteiger partial charge < -0.3 is 15.7 Å². The number of nitrogens with one attached hydrogen (secondary N) is 2. The fraction of sp³-hybridized carbons (Fsp3) is 0.933. The van der Waals surface area contributed by atoms with Gasteiger partial charge in [0.25, 0.3) is 0 Å². The minimum Gasteiger partial charge on any atom is -0.388 e. The minimum atomic E-state index is -0.524. The number of hydrogen-bond acceptors (Lipinski definition) is 2. The van der Waals surface area contributed by atoms with Crippen molar-refractivity contribution in [3.63, 3.8) is 0 Å². The fourth-order valence-electron chi connectivity index (χ4n) is 2.89. The van der Waals surface area contributed by atoms with Gasteiger partial charge in [-0.25, -0.2) is 0 Å². The maximum atomic E-state index is 10.1. The molecule has 20 heavy (non-hydrogen) atoms. The van der Waals surface area contributed by atoms with E-state index in [4.69, 9.17) is 0 Å². The van der Waals surface area contributed by atoms with E-state index in [2.05, 4.69) is 29.5 Å². The summed E-state index contributed by atoms with van der Waals surface area (Å²) >= 11 is 0. The Balaban J connectivity index is 0.00000200. The van der Waals surface area contributed by atoms with Crippen LogP contribution in [0.1, 0.15) is 58.8 Å². The van der Waals surface area contributed by atoms with Gasteiger partial charge in [-0.3, -0.25) is 4.99 Å². The second-order valence-electron chi connectivity index (χ2n) is 6.37. The lowest BCUT2D eigenvalue weighted by atomic mass is 9.80. The molecule has 2 aliphatic carbocycles. The average molecular weight is 395 g/mol. The minimum absolute atomic E-state index is 0. The van der Waals surface area contributed by atoms with Crippen molar-refractivity contribution < 1.29 is 5.11 Å². The summed E-state index contributed by atoms with van der Waals surface area (Å²) < 4.78 is 0. The maximum Gasteiger partial charge on any atom is 0.191 e. The summed E-state index contributed by atoms with van der Waals surface area (Å²) in [6.45, 7) is 5.82. The molecule has 4 nitrogen and oxygen atoms in total. The topological polar surface area (TPSA) is 56.7 Å². The van der Waals surface area contributed by atoms with Gasteiger partial charge >= 0.3 is 0 Å². The first-order valence-electron chi connectivity index (χ1n) is 7.88. The lowest BCUT2D eigenvalue weighted by Gasteiger charge is -2.35. The third kappa shape index (κ3) is 5.39. The smallest absolute Gasteiger partial charge is 0.191 e. The zero-order valence-corrected chi connectivity index (χ0v) is 15.2. The zero-order chi connectivity index (χ0) is 13.7. The molecular formula is C15H30IN3O. The van der Waals surface area contributed by atoms with E-state index in [1.807, 2.05) is 0 Å². The van der Waals surface area contributed by atoms with Crippen LogP contribution in [0, 0.1) is 5.92 Å². The highest BCUT2D eigenvalue weighted by atomic mass is 127. The number of rotatable bonds is 4. The second kappa shape index (κ2) is 8.41. The second-order valence-corrected chi connectivity index (χ2v) is 6.37. The molecule has 0 aromatic heterocycles. The van der Waals surface area contributed by atoms with Crippen molar-refractivity contribution in [3.8, 4) is 0 Å². The fourth-order valence-corrected chi connectivity index (χ4v) is 2.89. The Kier molecular flexibility index (Phi) is 7.58. The quantitative estimate of drug-likeness (QED) is 0.390. The molecule has 0 aliphatic heterocycles. The average Bonchev–Trinajstić information content (AvgIpc) is 2.37. The van der Waals surface area contributed by atoms with Crippen molar-refractivity contribution in [1.29, 1.82) is 0 Å². The Morgan fingerprint density at radius 1 is 1.25 bits per heavy atom. The van der Waals surface area contributed by atoms with E-state index in [0.29, 0.717) is 12.6 Å². The van der Waals surface area contributed by atoms with Crippen LogP contribution < -0.4 is 10.6 Å². The van der Waals surface area contributed by atoms with Crippen molar-refractivity contribution in [3.05, 3.63) is 0 Å². The summed E-state index contributed by atoms with van der Waals surface area (Å²) in [5.74, 6) is 1.75. The largest absolute Gasteiger partial charge is 0.388 e. The molecular weight excluding hydrogens is 365 g/mol. The summed E-state index contributed by atoms with van der Waals surface area (Å²) in [7, 11) is 0. The number of aliphatic imine (C=N–C) groups is 1. The number of nitrogens with zero attached hydrogens (tertiary/aromatic N) is 1. The summed E-state index contributed by atoms with van der Waals surface area (Å²) in [4.78, 5) is 4.56. The monoisotopic (exact) mass is 395 g/mol. The molecule has 3 N–H and O–H groups in total. The molecule has 0 atom stereocenters. The van der Waals surface area contributed by atoms with Crippen LogP contribution in [0.4, 0.5) is 0 Å². The van der Waals surface area contributed by atoms with Crippen LogP contribution in [0.15, 0.2) is 4.99 Å². The van der Waals surface area contributed by atoms with Crippen molar-refractivity contribution >= 4 is 29.9 Å². The van der Waals surface area contributed by atoms with Gasteiger partial charge in [0.15, 0.2) is 5.96 Å². The van der Waals surface area contributed by atoms with Gasteiger partial charge in [0.2, 0.25) is 0 Å². The highest BCUT2D eigenvalue weighted by Gasteiger charge is 2.34. The summed E-state index contributed by atoms with van der Waals surface area (Å²) in [5.41, 5.74) is -0.524. The van der Waals surface area contributed by atoms with Crippen LogP contribution in [-0.2, 0) is 0 Å². The van der Waals surface area contributed by atoms with E-state index in [-0.39, 0.29) is 24.0 Å². The van der Waals surface area contributed by atoms with Gasteiger partial charge in [-0.1, -0.05) is 6.92 Å². The van der Waals surface area contributed by atoms with Crippen molar-refractivity contribution in [2.24, 2.45) is 10.9 Å². The Labute approximate surface area is 140 Å². The molecule has 2 aliphatic rings. The van der Waals surface area contributed by atoms with Gasteiger partial charge in [-0.2, -0.15) is 0 Å². The van der Waals surface area contributed by atoms with Gasteiger partial charge in [-0.05, 0) is 57.8 Å². The van der Waals surface area contributed by atoms with E-state index in [1.165, 1.54) is 25.7 Å². The van der Waals surface area contributed by atoms with Gasteiger partial charge in [0, 0.05) is 12.6 Å². The highest BCUT2D eigenvalue weighted by molar-refractivity contribution is 14.0. The molecule has 2 rings (SSSR count). The summed E-state index contributed by atoms with van der Waals surface area (Å²) in [6, 6.07) is 0.546. The SMILES string of the molecule is CCNC(=NCC1(O)CCC1)NC1CCC(C)CC1.I. The van der Waals surface area contributed by atoms with Gasteiger partial charge in [-0.15, -0.1) is 24.0 Å². The maximum absolute atomic E-state index is 10.1. The Bertz CT molecular complexity index is 310. The first-order valence-corrected chi connectivity index (χ1v) is 7.88. The normalized spacial score (nSPS) is 29.1. The number of aliphatic hydroxyl groups is 1. The predicted molar refractivity (Wildman–Crippen MR) is 94.8 cm³/mol. The summed E-state index contributed by atoms with van der Waals surface area (Å²) in [6.07, 6.45) is 8.01. The third-order valence-electron chi connectivity index (χ3n) is 4.52. The molecule has 0 amide bonds. The van der Waals surface area contributed by atoms with E-state index in [1.54, 1.807) is 0 Å². The molecule has 2 fully saturated rings. The first kappa shape index (κ1) is 18.0. The number of guanidine groups is 1. The number of hydrogen-bond donors (Lipinski definition) is 3. The predicted octanol–water partition coefficient (Wildman–Crippen LogP) is 2.65. The third-order valence-corrected chi connectivity index (χ3v) is 4.52. The van der Waals surface area contributed by atoms with Gasteiger partial charge in [0.05, 0.1) is 12.1 Å². The first-order chi connectivity index (χ1) is 9.11. The van der Waals surface area contributed by atoms with Crippen LogP contribution in [0.5, 0.6) is 0 Å². The molecule has 0 spiro atoms. The number of halogens is 1. The van der Waals surface area contributed by atoms with E-state index in [9.17, 15) is 5.11 Å². The Hall–Kier alpha value is -0.0400. The Morgan fingerprint density at radius 2 is 1.90 bits per heavy atom. The van der Waals surface area contributed by atoms with E-state index in [0.717, 1.165) is 37.7 Å². The lowest BCUT2D eigenvalue weighted by Crippen LogP contribution is -2.46. The highest BCUT2D eigenvalue weighted by Crippen LogP contribution is 2.31. The Morgan fingerprint density at radius 3 is 2.40 bits per heavy atom. The molecule has 0 radical (unpaired) electrons. The lowest BCUT2D eigenvalue weighted by molar-refractivity contribution is -0.0236. The molecule has 0 saturated heterocycles. The molecule has 118 valence electrons. The molecule has 5 heteroatoms.